The molecule has 0 spiro atoms. The SMILES string of the molecule is CCCCn1c(=O)n(CCCCN)c(=O)c2c1ncn2C. The van der Waals surface area contributed by atoms with Crippen LogP contribution in [0, 0.1) is 0 Å². The maximum atomic E-state index is 12.6. The minimum Gasteiger partial charge on any atom is -0.330 e. The molecule has 0 atom stereocenters. The first-order chi connectivity index (χ1) is 10.1. The second-order valence-corrected chi connectivity index (χ2v) is 5.27. The molecule has 7 nitrogen and oxygen atoms in total. The van der Waals surface area contributed by atoms with Crippen LogP contribution in [0.15, 0.2) is 15.9 Å². The van der Waals surface area contributed by atoms with Gasteiger partial charge in [0.25, 0.3) is 5.56 Å². The van der Waals surface area contributed by atoms with Crippen LogP contribution in [-0.4, -0.2) is 25.2 Å². The van der Waals surface area contributed by atoms with Crippen molar-refractivity contribution in [1.29, 1.82) is 0 Å². The fourth-order valence-electron chi connectivity index (χ4n) is 2.44. The lowest BCUT2D eigenvalue weighted by Gasteiger charge is -2.11. The van der Waals surface area contributed by atoms with Gasteiger partial charge in [-0.1, -0.05) is 13.3 Å². The Balaban J connectivity index is 2.59. The van der Waals surface area contributed by atoms with Crippen molar-refractivity contribution in [2.75, 3.05) is 6.54 Å². The van der Waals surface area contributed by atoms with Crippen LogP contribution in [0.3, 0.4) is 0 Å². The highest BCUT2D eigenvalue weighted by Gasteiger charge is 2.16. The number of fused-ring (bicyclic) bond motifs is 1. The highest BCUT2D eigenvalue weighted by atomic mass is 16.2. The number of aryl methyl sites for hydroxylation is 2. The Morgan fingerprint density at radius 1 is 1.14 bits per heavy atom. The summed E-state index contributed by atoms with van der Waals surface area (Å²) in [6, 6.07) is 0. The third-order valence-corrected chi connectivity index (χ3v) is 3.65. The number of nitrogens with zero attached hydrogens (tertiary/aromatic N) is 4. The summed E-state index contributed by atoms with van der Waals surface area (Å²) in [5.74, 6) is 0. The summed E-state index contributed by atoms with van der Waals surface area (Å²) in [5, 5.41) is 0. The Hall–Kier alpha value is -1.89. The smallest absolute Gasteiger partial charge is 0.330 e. The zero-order chi connectivity index (χ0) is 15.4. The molecule has 2 heterocycles. The zero-order valence-corrected chi connectivity index (χ0v) is 12.7. The van der Waals surface area contributed by atoms with E-state index in [2.05, 4.69) is 11.9 Å². The molecule has 0 aliphatic rings. The molecule has 0 radical (unpaired) electrons. The predicted octanol–water partition coefficient (Wildman–Crippen LogP) is 0.436. The van der Waals surface area contributed by atoms with Gasteiger partial charge in [-0.2, -0.15) is 0 Å². The molecule has 2 rings (SSSR count). The third-order valence-electron chi connectivity index (χ3n) is 3.65. The lowest BCUT2D eigenvalue weighted by Crippen LogP contribution is -2.40. The summed E-state index contributed by atoms with van der Waals surface area (Å²) in [5.41, 5.74) is 5.91. The number of hydrogen-bond donors (Lipinski definition) is 1. The van der Waals surface area contributed by atoms with E-state index in [-0.39, 0.29) is 11.2 Å². The second-order valence-electron chi connectivity index (χ2n) is 5.27. The maximum Gasteiger partial charge on any atom is 0.332 e. The molecule has 0 unspecified atom stereocenters. The summed E-state index contributed by atoms with van der Waals surface area (Å²) < 4.78 is 4.61. The summed E-state index contributed by atoms with van der Waals surface area (Å²) >= 11 is 0. The molecular formula is C14H23N5O2. The van der Waals surface area contributed by atoms with Crippen LogP contribution >= 0.6 is 0 Å². The molecule has 7 heteroatoms. The highest BCUT2D eigenvalue weighted by Crippen LogP contribution is 2.06. The van der Waals surface area contributed by atoms with E-state index in [0.29, 0.717) is 30.8 Å². The number of rotatable bonds is 7. The maximum absolute atomic E-state index is 12.6. The van der Waals surface area contributed by atoms with Crippen LogP contribution in [0.4, 0.5) is 0 Å². The fraction of sp³-hybridized carbons (Fsp3) is 0.643. The van der Waals surface area contributed by atoms with E-state index in [1.807, 2.05) is 0 Å². The van der Waals surface area contributed by atoms with Crippen molar-refractivity contribution in [3.05, 3.63) is 27.2 Å². The molecule has 0 aromatic carbocycles. The van der Waals surface area contributed by atoms with E-state index < -0.39 is 0 Å². The molecular weight excluding hydrogens is 270 g/mol. The Kier molecular flexibility index (Phi) is 4.95. The molecule has 0 saturated heterocycles. The van der Waals surface area contributed by atoms with E-state index in [1.54, 1.807) is 22.5 Å². The van der Waals surface area contributed by atoms with Crippen LogP contribution < -0.4 is 17.0 Å². The van der Waals surface area contributed by atoms with Gasteiger partial charge < -0.3 is 10.3 Å². The largest absolute Gasteiger partial charge is 0.332 e. The number of unbranched alkanes of at least 4 members (excludes halogenated alkanes) is 2. The van der Waals surface area contributed by atoms with Crippen molar-refractivity contribution in [2.24, 2.45) is 12.8 Å². The van der Waals surface area contributed by atoms with Crippen molar-refractivity contribution in [2.45, 2.75) is 45.7 Å². The number of aromatic nitrogens is 4. The van der Waals surface area contributed by atoms with Crippen LogP contribution in [0.1, 0.15) is 32.6 Å². The average molecular weight is 293 g/mol. The molecule has 2 N–H and O–H groups in total. The van der Waals surface area contributed by atoms with Crippen LogP contribution in [-0.2, 0) is 20.1 Å². The van der Waals surface area contributed by atoms with E-state index >= 15 is 0 Å². The lowest BCUT2D eigenvalue weighted by atomic mass is 10.3. The van der Waals surface area contributed by atoms with Crippen LogP contribution in [0.5, 0.6) is 0 Å². The average Bonchev–Trinajstić information content (AvgIpc) is 2.84. The predicted molar refractivity (Wildman–Crippen MR) is 82.4 cm³/mol. The first kappa shape index (κ1) is 15.5. The van der Waals surface area contributed by atoms with Gasteiger partial charge in [0.2, 0.25) is 0 Å². The number of nitrogens with two attached hydrogens (primary N) is 1. The third kappa shape index (κ3) is 2.92. The molecule has 2 aromatic heterocycles. The molecule has 0 aliphatic heterocycles. The number of hydrogen-bond acceptors (Lipinski definition) is 4. The first-order valence-electron chi connectivity index (χ1n) is 7.46. The Morgan fingerprint density at radius 3 is 2.52 bits per heavy atom. The molecule has 0 aliphatic carbocycles. The van der Waals surface area contributed by atoms with Gasteiger partial charge in [-0.05, 0) is 25.8 Å². The molecule has 0 bridgehead atoms. The molecule has 0 saturated carbocycles. The van der Waals surface area contributed by atoms with Gasteiger partial charge in [-0.25, -0.2) is 9.78 Å². The first-order valence-corrected chi connectivity index (χ1v) is 7.46. The summed E-state index contributed by atoms with van der Waals surface area (Å²) in [6.07, 6.45) is 4.96. The Labute approximate surface area is 123 Å². The molecule has 21 heavy (non-hydrogen) atoms. The van der Waals surface area contributed by atoms with Gasteiger partial charge >= 0.3 is 5.69 Å². The minimum absolute atomic E-state index is 0.264. The normalized spacial score (nSPS) is 11.4. The topological polar surface area (TPSA) is 87.8 Å². The minimum atomic E-state index is -0.267. The van der Waals surface area contributed by atoms with Crippen LogP contribution in [0.2, 0.25) is 0 Å². The van der Waals surface area contributed by atoms with Crippen molar-refractivity contribution in [1.82, 2.24) is 18.7 Å². The van der Waals surface area contributed by atoms with Crippen molar-refractivity contribution >= 4 is 11.2 Å². The fourth-order valence-corrected chi connectivity index (χ4v) is 2.44. The Morgan fingerprint density at radius 2 is 1.86 bits per heavy atom. The van der Waals surface area contributed by atoms with Gasteiger partial charge in [0.15, 0.2) is 11.2 Å². The second kappa shape index (κ2) is 6.71. The molecule has 116 valence electrons. The van der Waals surface area contributed by atoms with Crippen LogP contribution in [0.25, 0.3) is 11.2 Å². The van der Waals surface area contributed by atoms with E-state index in [9.17, 15) is 9.59 Å². The quantitative estimate of drug-likeness (QED) is 0.750. The summed E-state index contributed by atoms with van der Waals surface area (Å²) in [7, 11) is 1.77. The molecule has 0 fully saturated rings. The lowest BCUT2D eigenvalue weighted by molar-refractivity contribution is 0.525. The standard InChI is InChI=1S/C14H23N5O2/c1-3-4-8-18-12-11(17(2)10-16-12)13(20)19(14(18)21)9-6-5-7-15/h10H,3-9,15H2,1-2H3. The number of imidazole rings is 1. The van der Waals surface area contributed by atoms with E-state index in [0.717, 1.165) is 25.7 Å². The molecule has 0 amide bonds. The van der Waals surface area contributed by atoms with Gasteiger partial charge in [-0.3, -0.25) is 13.9 Å². The van der Waals surface area contributed by atoms with E-state index in [4.69, 9.17) is 5.73 Å². The molecule has 2 aromatic rings. The zero-order valence-electron chi connectivity index (χ0n) is 12.7. The van der Waals surface area contributed by atoms with Crippen molar-refractivity contribution in [3.63, 3.8) is 0 Å². The van der Waals surface area contributed by atoms with Gasteiger partial charge in [-0.15, -0.1) is 0 Å². The van der Waals surface area contributed by atoms with Gasteiger partial charge in [0.1, 0.15) is 0 Å². The van der Waals surface area contributed by atoms with Gasteiger partial charge in [0.05, 0.1) is 6.33 Å². The monoisotopic (exact) mass is 293 g/mol. The van der Waals surface area contributed by atoms with Gasteiger partial charge in [0, 0.05) is 20.1 Å². The summed E-state index contributed by atoms with van der Waals surface area (Å²) in [4.78, 5) is 29.3. The summed E-state index contributed by atoms with van der Waals surface area (Å²) in [6.45, 7) is 3.62. The van der Waals surface area contributed by atoms with Crippen molar-refractivity contribution < 1.29 is 0 Å². The Bertz CT molecular complexity index is 725. The highest BCUT2D eigenvalue weighted by molar-refractivity contribution is 5.69. The van der Waals surface area contributed by atoms with E-state index in [1.165, 1.54) is 4.57 Å². The van der Waals surface area contributed by atoms with Crippen molar-refractivity contribution in [3.8, 4) is 0 Å².